The first-order valence-electron chi connectivity index (χ1n) is 5.58. The van der Waals surface area contributed by atoms with E-state index >= 15 is 0 Å². The van der Waals surface area contributed by atoms with Crippen LogP contribution < -0.4 is 0 Å². The smallest absolute Gasteiger partial charge is 0.215 e. The van der Waals surface area contributed by atoms with Gasteiger partial charge in [0.15, 0.2) is 5.82 Å². The van der Waals surface area contributed by atoms with Crippen LogP contribution in [-0.2, 0) is 6.42 Å². The highest BCUT2D eigenvalue weighted by Crippen LogP contribution is 2.27. The van der Waals surface area contributed by atoms with Crippen molar-refractivity contribution in [3.05, 3.63) is 17.8 Å². The average Bonchev–Trinajstić information content (AvgIpc) is 2.80. The summed E-state index contributed by atoms with van der Waals surface area (Å²) in [4.78, 5) is 7.82. The summed E-state index contributed by atoms with van der Waals surface area (Å²) in [5.74, 6) is -0.400. The predicted molar refractivity (Wildman–Crippen MR) is 63.7 cm³/mol. The molecule has 0 aliphatic carbocycles. The third-order valence-electron chi connectivity index (χ3n) is 2.30. The van der Waals surface area contributed by atoms with Gasteiger partial charge < -0.3 is 0 Å². The normalized spacial score (nSPS) is 11.2. The van der Waals surface area contributed by atoms with Gasteiger partial charge in [0.05, 0.1) is 11.7 Å². The molecule has 0 saturated carbocycles. The van der Waals surface area contributed by atoms with E-state index in [4.69, 9.17) is 0 Å². The molecule has 2 heterocycles. The zero-order valence-electron chi connectivity index (χ0n) is 10.3. The molecule has 0 spiro atoms. The molecule has 0 aliphatic heterocycles. The maximum atomic E-state index is 14.0. The Bertz CT molecular complexity index is 541. The molecule has 96 valence electrons. The quantitative estimate of drug-likeness (QED) is 0.789. The number of aromatic nitrogens is 6. The molecule has 0 unspecified atom stereocenters. The number of aryl methyl sites for hydroxylation is 1. The summed E-state index contributed by atoms with van der Waals surface area (Å²) >= 11 is 1.11. The molecule has 18 heavy (non-hydrogen) atoms. The summed E-state index contributed by atoms with van der Waals surface area (Å²) in [6.07, 6.45) is 1.88. The molecular formula is C10H13FN6S. The molecule has 0 aliphatic rings. The van der Waals surface area contributed by atoms with Crippen molar-refractivity contribution >= 4 is 11.8 Å². The van der Waals surface area contributed by atoms with E-state index in [0.717, 1.165) is 11.8 Å². The maximum Gasteiger partial charge on any atom is 0.215 e. The standard InChI is InChI=1S/C10H13FN6S/c1-4-7-8(11)9(13-5-12-7)18-10-14-15-16-17(10)6(2)3/h5-6H,4H2,1-3H3. The zero-order chi connectivity index (χ0) is 13.1. The summed E-state index contributed by atoms with van der Waals surface area (Å²) < 4.78 is 15.6. The highest BCUT2D eigenvalue weighted by Gasteiger charge is 2.16. The molecule has 0 aromatic carbocycles. The number of hydrogen-bond acceptors (Lipinski definition) is 6. The molecule has 6 nitrogen and oxygen atoms in total. The number of hydrogen-bond donors (Lipinski definition) is 0. The number of rotatable bonds is 4. The summed E-state index contributed by atoms with van der Waals surface area (Å²) in [6.45, 7) is 5.75. The second-order valence-corrected chi connectivity index (χ2v) is 4.85. The van der Waals surface area contributed by atoms with E-state index in [9.17, 15) is 4.39 Å². The van der Waals surface area contributed by atoms with Crippen molar-refractivity contribution in [2.24, 2.45) is 0 Å². The van der Waals surface area contributed by atoms with E-state index in [0.29, 0.717) is 17.3 Å². The summed E-state index contributed by atoms with van der Waals surface area (Å²) in [7, 11) is 0. The van der Waals surface area contributed by atoms with Gasteiger partial charge in [0.2, 0.25) is 5.16 Å². The first-order valence-corrected chi connectivity index (χ1v) is 6.40. The molecule has 0 bridgehead atoms. The van der Waals surface area contributed by atoms with Crippen LogP contribution in [0.1, 0.15) is 32.5 Å². The zero-order valence-corrected chi connectivity index (χ0v) is 11.1. The SMILES string of the molecule is CCc1ncnc(Sc2nnnn2C(C)C)c1F. The van der Waals surface area contributed by atoms with Crippen molar-refractivity contribution in [2.75, 3.05) is 0 Å². The Morgan fingerprint density at radius 3 is 2.83 bits per heavy atom. The van der Waals surface area contributed by atoms with Crippen LogP contribution in [0.25, 0.3) is 0 Å². The average molecular weight is 268 g/mol. The van der Waals surface area contributed by atoms with Crippen LogP contribution in [0.5, 0.6) is 0 Å². The fourth-order valence-corrected chi connectivity index (χ4v) is 2.27. The molecule has 2 rings (SSSR count). The Hall–Kier alpha value is -1.57. The fraction of sp³-hybridized carbons (Fsp3) is 0.500. The molecule has 0 fully saturated rings. The molecule has 0 amide bonds. The van der Waals surface area contributed by atoms with Gasteiger partial charge in [-0.3, -0.25) is 0 Å². The van der Waals surface area contributed by atoms with Crippen LogP contribution in [0.15, 0.2) is 16.5 Å². The molecule has 2 aromatic rings. The Morgan fingerprint density at radius 1 is 1.39 bits per heavy atom. The lowest BCUT2D eigenvalue weighted by atomic mass is 10.3. The van der Waals surface area contributed by atoms with Gasteiger partial charge in [0.25, 0.3) is 0 Å². The van der Waals surface area contributed by atoms with E-state index in [-0.39, 0.29) is 11.1 Å². The van der Waals surface area contributed by atoms with Crippen LogP contribution >= 0.6 is 11.8 Å². The van der Waals surface area contributed by atoms with Gasteiger partial charge in [-0.25, -0.2) is 19.0 Å². The Labute approximate surface area is 108 Å². The van der Waals surface area contributed by atoms with Crippen molar-refractivity contribution in [1.82, 2.24) is 30.2 Å². The van der Waals surface area contributed by atoms with Gasteiger partial charge in [-0.05, 0) is 42.5 Å². The second-order valence-electron chi connectivity index (χ2n) is 3.89. The molecule has 2 aromatic heterocycles. The minimum absolute atomic E-state index is 0.109. The van der Waals surface area contributed by atoms with Crippen LogP contribution in [0.4, 0.5) is 4.39 Å². The Balaban J connectivity index is 2.31. The van der Waals surface area contributed by atoms with Gasteiger partial charge in [-0.2, -0.15) is 0 Å². The monoisotopic (exact) mass is 268 g/mol. The fourth-order valence-electron chi connectivity index (χ4n) is 1.37. The molecule has 0 saturated heterocycles. The van der Waals surface area contributed by atoms with E-state index in [1.54, 1.807) is 4.68 Å². The Morgan fingerprint density at radius 2 is 2.17 bits per heavy atom. The summed E-state index contributed by atoms with van der Waals surface area (Å²) in [5.41, 5.74) is 0.399. The highest BCUT2D eigenvalue weighted by atomic mass is 32.2. The summed E-state index contributed by atoms with van der Waals surface area (Å²) in [5, 5.41) is 12.1. The van der Waals surface area contributed by atoms with Crippen molar-refractivity contribution in [3.8, 4) is 0 Å². The van der Waals surface area contributed by atoms with Crippen molar-refractivity contribution in [2.45, 2.75) is 43.4 Å². The lowest BCUT2D eigenvalue weighted by molar-refractivity contribution is 0.476. The van der Waals surface area contributed by atoms with E-state index < -0.39 is 5.82 Å². The van der Waals surface area contributed by atoms with Crippen LogP contribution in [0, 0.1) is 5.82 Å². The van der Waals surface area contributed by atoms with Gasteiger partial charge in [0.1, 0.15) is 11.4 Å². The third-order valence-corrected chi connectivity index (χ3v) is 3.23. The lowest BCUT2D eigenvalue weighted by Crippen LogP contribution is -2.05. The van der Waals surface area contributed by atoms with Crippen LogP contribution in [-0.4, -0.2) is 30.2 Å². The molecule has 0 atom stereocenters. The van der Waals surface area contributed by atoms with Crippen molar-refractivity contribution in [3.63, 3.8) is 0 Å². The van der Waals surface area contributed by atoms with Crippen LogP contribution in [0.3, 0.4) is 0 Å². The molecule has 0 N–H and O–H groups in total. The van der Waals surface area contributed by atoms with Crippen molar-refractivity contribution in [1.29, 1.82) is 0 Å². The van der Waals surface area contributed by atoms with Gasteiger partial charge in [-0.1, -0.05) is 6.92 Å². The first-order chi connectivity index (χ1) is 8.63. The largest absolute Gasteiger partial charge is 0.238 e. The minimum Gasteiger partial charge on any atom is -0.238 e. The number of tetrazole rings is 1. The third kappa shape index (κ3) is 2.47. The summed E-state index contributed by atoms with van der Waals surface area (Å²) in [6, 6.07) is 0.109. The van der Waals surface area contributed by atoms with Crippen molar-refractivity contribution < 1.29 is 4.39 Å². The Kier molecular flexibility index (Phi) is 3.85. The number of nitrogens with zero attached hydrogens (tertiary/aromatic N) is 6. The van der Waals surface area contributed by atoms with E-state index in [1.165, 1.54) is 6.33 Å². The highest BCUT2D eigenvalue weighted by molar-refractivity contribution is 7.99. The van der Waals surface area contributed by atoms with Crippen LogP contribution in [0.2, 0.25) is 0 Å². The first kappa shape index (κ1) is 12.9. The van der Waals surface area contributed by atoms with E-state index in [2.05, 4.69) is 25.5 Å². The van der Waals surface area contributed by atoms with E-state index in [1.807, 2.05) is 20.8 Å². The number of halogens is 1. The minimum atomic E-state index is -0.400. The second kappa shape index (κ2) is 5.38. The predicted octanol–water partition coefficient (Wildman–Crippen LogP) is 1.90. The lowest BCUT2D eigenvalue weighted by Gasteiger charge is -2.07. The molecular weight excluding hydrogens is 255 g/mol. The van der Waals surface area contributed by atoms with Gasteiger partial charge >= 0.3 is 0 Å². The molecule has 0 radical (unpaired) electrons. The molecule has 8 heteroatoms. The maximum absolute atomic E-state index is 14.0. The van der Waals surface area contributed by atoms with Gasteiger partial charge in [0, 0.05) is 0 Å². The van der Waals surface area contributed by atoms with Gasteiger partial charge in [-0.15, -0.1) is 5.10 Å². The topological polar surface area (TPSA) is 69.4 Å².